The molecule has 2 aromatic rings. The number of nitrogens with one attached hydrogen (secondary N) is 1. The number of pyridine rings is 1. The van der Waals surface area contributed by atoms with Gasteiger partial charge in [0.05, 0.1) is 11.6 Å². The van der Waals surface area contributed by atoms with E-state index in [2.05, 4.69) is 78.6 Å². The third-order valence-electron chi connectivity index (χ3n) is 7.00. The number of azo groups is 1. The van der Waals surface area contributed by atoms with Gasteiger partial charge in [0, 0.05) is 35.7 Å². The molecule has 0 saturated carbocycles. The Kier molecular flexibility index (Phi) is 4.47. The molecule has 1 unspecified atom stereocenters. The SMILES string of the molecule is CC[C@]1(c2cccc(-c3ccncc3C)c2)C2=CN=NC2NC2=C1C(=O)CC(C)(C)C2. The van der Waals surface area contributed by atoms with Gasteiger partial charge >= 0.3 is 0 Å². The lowest BCUT2D eigenvalue weighted by Gasteiger charge is -2.47. The number of benzene rings is 1. The standard InChI is InChI=1S/C26H28N4O/c1-5-26(18-8-6-7-17(11-18)19-9-10-27-14-16(19)2)20-15-28-30-24(20)29-21-12-25(3,4)13-22(31)23(21)26/h6-11,14-15,24,29H,5,12-13H2,1-4H3/t24?,26-/m0/s1. The van der Waals surface area contributed by atoms with Gasteiger partial charge in [-0.1, -0.05) is 39.0 Å². The van der Waals surface area contributed by atoms with Crippen molar-refractivity contribution in [3.8, 4) is 11.1 Å². The van der Waals surface area contributed by atoms with Crippen molar-refractivity contribution >= 4 is 5.78 Å². The quantitative estimate of drug-likeness (QED) is 0.711. The summed E-state index contributed by atoms with van der Waals surface area (Å²) in [6.07, 6.45) is 7.57. The van der Waals surface area contributed by atoms with Crippen LogP contribution in [0.25, 0.3) is 11.1 Å². The number of allylic oxidation sites excluding steroid dienone is 2. The summed E-state index contributed by atoms with van der Waals surface area (Å²) in [4.78, 5) is 17.8. The fourth-order valence-corrected chi connectivity index (χ4v) is 5.64. The van der Waals surface area contributed by atoms with Crippen molar-refractivity contribution in [2.75, 3.05) is 0 Å². The van der Waals surface area contributed by atoms with Crippen LogP contribution < -0.4 is 5.32 Å². The van der Waals surface area contributed by atoms with Crippen LogP contribution in [0.4, 0.5) is 0 Å². The molecule has 5 nitrogen and oxygen atoms in total. The van der Waals surface area contributed by atoms with E-state index in [4.69, 9.17) is 0 Å². The molecule has 2 aliphatic heterocycles. The fraction of sp³-hybridized carbons (Fsp3) is 0.385. The van der Waals surface area contributed by atoms with E-state index in [0.29, 0.717) is 6.42 Å². The van der Waals surface area contributed by atoms with Crippen molar-refractivity contribution in [2.45, 2.75) is 58.5 Å². The molecule has 2 atom stereocenters. The molecule has 0 amide bonds. The second-order valence-electron chi connectivity index (χ2n) is 9.69. The number of Topliss-reactive ketones (excluding diaryl/α,β-unsaturated/α-hetero) is 1. The third-order valence-corrected chi connectivity index (χ3v) is 7.00. The molecule has 3 heterocycles. The number of aromatic nitrogens is 1. The average Bonchev–Trinajstić information content (AvgIpc) is 3.20. The van der Waals surface area contributed by atoms with Crippen LogP contribution in [0.2, 0.25) is 0 Å². The predicted octanol–water partition coefficient (Wildman–Crippen LogP) is 5.63. The number of carbonyl (C=O) groups is 1. The van der Waals surface area contributed by atoms with E-state index in [-0.39, 0.29) is 17.4 Å². The first-order chi connectivity index (χ1) is 14.9. The van der Waals surface area contributed by atoms with E-state index in [1.54, 1.807) is 0 Å². The van der Waals surface area contributed by atoms with Crippen LogP contribution in [0, 0.1) is 12.3 Å². The highest BCUT2D eigenvalue weighted by atomic mass is 16.1. The van der Waals surface area contributed by atoms with Crippen LogP contribution >= 0.6 is 0 Å². The minimum atomic E-state index is -0.515. The minimum Gasteiger partial charge on any atom is -0.362 e. The maximum atomic E-state index is 13.6. The van der Waals surface area contributed by atoms with E-state index in [1.165, 1.54) is 0 Å². The number of fused-ring (bicyclic) bond motifs is 1. The van der Waals surface area contributed by atoms with Crippen molar-refractivity contribution in [1.82, 2.24) is 10.3 Å². The number of hydrogen-bond donors (Lipinski definition) is 1. The summed E-state index contributed by atoms with van der Waals surface area (Å²) < 4.78 is 0. The summed E-state index contributed by atoms with van der Waals surface area (Å²) in [5, 5.41) is 12.3. The lowest BCUT2D eigenvalue weighted by molar-refractivity contribution is -0.119. The van der Waals surface area contributed by atoms with Crippen LogP contribution in [0.5, 0.6) is 0 Å². The van der Waals surface area contributed by atoms with Gasteiger partial charge in [-0.2, -0.15) is 10.2 Å². The number of carbonyl (C=O) groups excluding carboxylic acids is 1. The zero-order valence-electron chi connectivity index (χ0n) is 18.6. The molecule has 0 bridgehead atoms. The van der Waals surface area contributed by atoms with Gasteiger partial charge in [-0.05, 0) is 59.6 Å². The molecule has 5 rings (SSSR count). The van der Waals surface area contributed by atoms with Gasteiger partial charge in [-0.15, -0.1) is 0 Å². The number of ketones is 1. The molecule has 158 valence electrons. The van der Waals surface area contributed by atoms with Crippen LogP contribution in [-0.2, 0) is 10.2 Å². The summed E-state index contributed by atoms with van der Waals surface area (Å²) in [5.74, 6) is 0.234. The first kappa shape index (κ1) is 19.9. The van der Waals surface area contributed by atoms with E-state index in [9.17, 15) is 4.79 Å². The lowest BCUT2D eigenvalue weighted by atomic mass is 9.58. The van der Waals surface area contributed by atoms with Crippen molar-refractivity contribution < 1.29 is 4.79 Å². The molecular weight excluding hydrogens is 384 g/mol. The molecule has 0 fully saturated rings. The van der Waals surface area contributed by atoms with Gasteiger partial charge < -0.3 is 5.32 Å². The highest BCUT2D eigenvalue weighted by Crippen LogP contribution is 2.54. The van der Waals surface area contributed by atoms with Gasteiger partial charge in [0.15, 0.2) is 11.9 Å². The summed E-state index contributed by atoms with van der Waals surface area (Å²) in [6, 6.07) is 10.7. The smallest absolute Gasteiger partial charge is 0.164 e. The van der Waals surface area contributed by atoms with Crippen LogP contribution in [0.1, 0.15) is 51.2 Å². The number of rotatable bonds is 3. The Labute approximate surface area is 183 Å². The monoisotopic (exact) mass is 412 g/mol. The zero-order valence-corrected chi connectivity index (χ0v) is 18.6. The van der Waals surface area contributed by atoms with E-state index in [0.717, 1.165) is 51.9 Å². The fourth-order valence-electron chi connectivity index (χ4n) is 5.64. The van der Waals surface area contributed by atoms with Gasteiger partial charge in [-0.25, -0.2) is 0 Å². The molecule has 0 radical (unpaired) electrons. The molecule has 1 N–H and O–H groups in total. The summed E-state index contributed by atoms with van der Waals surface area (Å²) in [7, 11) is 0. The Morgan fingerprint density at radius 1 is 1.19 bits per heavy atom. The Bertz CT molecular complexity index is 1170. The topological polar surface area (TPSA) is 66.7 Å². The first-order valence-corrected chi connectivity index (χ1v) is 11.0. The highest BCUT2D eigenvalue weighted by molar-refractivity contribution is 6.01. The summed E-state index contributed by atoms with van der Waals surface area (Å²) >= 11 is 0. The van der Waals surface area contributed by atoms with Crippen LogP contribution in [0.15, 0.2) is 76.0 Å². The largest absolute Gasteiger partial charge is 0.362 e. The Morgan fingerprint density at radius 3 is 2.81 bits per heavy atom. The number of aryl methyl sites for hydroxylation is 1. The summed E-state index contributed by atoms with van der Waals surface area (Å²) in [5.41, 5.74) is 7.01. The van der Waals surface area contributed by atoms with Crippen LogP contribution in [0.3, 0.4) is 0 Å². The second-order valence-corrected chi connectivity index (χ2v) is 9.69. The average molecular weight is 413 g/mol. The van der Waals surface area contributed by atoms with Gasteiger partial charge in [0.2, 0.25) is 0 Å². The molecule has 31 heavy (non-hydrogen) atoms. The molecule has 0 saturated heterocycles. The van der Waals surface area contributed by atoms with E-state index < -0.39 is 5.41 Å². The predicted molar refractivity (Wildman–Crippen MR) is 121 cm³/mol. The highest BCUT2D eigenvalue weighted by Gasteiger charge is 2.52. The van der Waals surface area contributed by atoms with Gasteiger partial charge in [-0.3, -0.25) is 9.78 Å². The molecule has 3 aliphatic rings. The molecule has 1 aromatic heterocycles. The molecular formula is C26H28N4O. The van der Waals surface area contributed by atoms with E-state index in [1.807, 2.05) is 18.6 Å². The first-order valence-electron chi connectivity index (χ1n) is 11.0. The van der Waals surface area contributed by atoms with Crippen molar-refractivity contribution in [2.24, 2.45) is 15.6 Å². The molecule has 1 aromatic carbocycles. The molecule has 1 aliphatic carbocycles. The maximum absolute atomic E-state index is 13.6. The summed E-state index contributed by atoms with van der Waals surface area (Å²) in [6.45, 7) is 8.58. The molecule has 0 spiro atoms. The lowest BCUT2D eigenvalue weighted by Crippen LogP contribution is -2.51. The van der Waals surface area contributed by atoms with Crippen molar-refractivity contribution in [3.05, 3.63) is 76.9 Å². The Hall–Kier alpha value is -3.08. The van der Waals surface area contributed by atoms with Gasteiger partial charge in [0.1, 0.15) is 0 Å². The number of hydrogen-bond acceptors (Lipinski definition) is 5. The normalized spacial score (nSPS) is 26.3. The Morgan fingerprint density at radius 2 is 2.03 bits per heavy atom. The molecule has 5 heteroatoms. The Balaban J connectivity index is 1.75. The zero-order chi connectivity index (χ0) is 21.8. The minimum absolute atomic E-state index is 0.0602. The number of nitrogens with zero attached hydrogens (tertiary/aromatic N) is 3. The van der Waals surface area contributed by atoms with Crippen molar-refractivity contribution in [3.63, 3.8) is 0 Å². The van der Waals surface area contributed by atoms with Crippen LogP contribution in [-0.4, -0.2) is 16.9 Å². The second kappa shape index (κ2) is 6.98. The maximum Gasteiger partial charge on any atom is 0.164 e. The van der Waals surface area contributed by atoms with Crippen molar-refractivity contribution in [1.29, 1.82) is 0 Å². The van der Waals surface area contributed by atoms with Gasteiger partial charge in [0.25, 0.3) is 0 Å². The van der Waals surface area contributed by atoms with E-state index >= 15 is 0 Å². The third kappa shape index (κ3) is 2.98.